The van der Waals surface area contributed by atoms with Crippen LogP contribution in [-0.4, -0.2) is 18.2 Å². The van der Waals surface area contributed by atoms with Gasteiger partial charge in [-0.05, 0) is 57.4 Å². The molecule has 0 spiro atoms. The normalized spacial score (nSPS) is 14.2. The monoisotopic (exact) mass is 328 g/mol. The van der Waals surface area contributed by atoms with Crippen LogP contribution in [0.15, 0.2) is 41.2 Å². The molecule has 0 aliphatic carbocycles. The molecule has 2 aromatic rings. The Morgan fingerprint density at radius 3 is 2.88 bits per heavy atom. The number of carbonyl (C=O) groups excluding carboxylic acids is 1. The lowest BCUT2D eigenvalue weighted by Crippen LogP contribution is -2.39. The highest BCUT2D eigenvalue weighted by Gasteiger charge is 2.27. The van der Waals surface area contributed by atoms with E-state index in [0.717, 1.165) is 29.8 Å². The average Bonchev–Trinajstić information content (AvgIpc) is 3.04. The van der Waals surface area contributed by atoms with Gasteiger partial charge in [-0.25, -0.2) is 4.79 Å². The minimum atomic E-state index is -0.494. The molecule has 3 rings (SSSR count). The summed E-state index contributed by atoms with van der Waals surface area (Å²) in [6.45, 7) is 7.03. The lowest BCUT2D eigenvalue weighted by Gasteiger charge is -2.32. The molecule has 0 radical (unpaired) electrons. The van der Waals surface area contributed by atoms with Gasteiger partial charge in [-0.1, -0.05) is 6.07 Å². The van der Waals surface area contributed by atoms with Crippen molar-refractivity contribution in [1.82, 2.24) is 0 Å². The quantitative estimate of drug-likeness (QED) is 0.896. The van der Waals surface area contributed by atoms with E-state index in [2.05, 4.69) is 17.4 Å². The predicted molar refractivity (Wildman–Crippen MR) is 94.4 cm³/mol. The highest BCUT2D eigenvalue weighted by atomic mass is 16.6. The van der Waals surface area contributed by atoms with E-state index in [9.17, 15) is 4.79 Å². The van der Waals surface area contributed by atoms with Crippen LogP contribution in [0.25, 0.3) is 0 Å². The molecule has 1 aromatic carbocycles. The number of amides is 1. The molecule has 1 aromatic heterocycles. The van der Waals surface area contributed by atoms with Gasteiger partial charge in [0, 0.05) is 24.3 Å². The number of carbonyl (C=O) groups is 1. The standard InChI is InChI=1S/C19H24N2O3/c1-19(2,3)24-18(22)21-9-4-5-15-6-7-16(11-17(15)21)20-12-14-8-10-23-13-14/h6-8,10-11,13,20H,4-5,9,12H2,1-3H3. The fraction of sp³-hybridized carbons (Fsp3) is 0.421. The Kier molecular flexibility index (Phi) is 4.51. The number of hydrogen-bond donors (Lipinski definition) is 1. The smallest absolute Gasteiger partial charge is 0.414 e. The first-order chi connectivity index (χ1) is 11.4. The molecule has 128 valence electrons. The lowest BCUT2D eigenvalue weighted by molar-refractivity contribution is 0.0578. The Morgan fingerprint density at radius 1 is 1.33 bits per heavy atom. The van der Waals surface area contributed by atoms with Crippen molar-refractivity contribution >= 4 is 17.5 Å². The summed E-state index contributed by atoms with van der Waals surface area (Å²) in [5.74, 6) is 0. The minimum Gasteiger partial charge on any atom is -0.472 e. The van der Waals surface area contributed by atoms with Gasteiger partial charge >= 0.3 is 6.09 Å². The molecule has 0 bridgehead atoms. The van der Waals surface area contributed by atoms with Gasteiger partial charge in [-0.2, -0.15) is 0 Å². The second kappa shape index (κ2) is 6.59. The van der Waals surface area contributed by atoms with Gasteiger partial charge < -0.3 is 14.5 Å². The van der Waals surface area contributed by atoms with Crippen LogP contribution in [0.4, 0.5) is 16.2 Å². The number of hydrogen-bond acceptors (Lipinski definition) is 4. The molecule has 0 saturated carbocycles. The number of nitrogens with one attached hydrogen (secondary N) is 1. The molecule has 0 fully saturated rings. The molecule has 24 heavy (non-hydrogen) atoms. The first kappa shape index (κ1) is 16.4. The minimum absolute atomic E-state index is 0.282. The number of rotatable bonds is 3. The number of aryl methyl sites for hydroxylation is 1. The molecule has 1 aliphatic heterocycles. The Labute approximate surface area is 142 Å². The molecule has 1 amide bonds. The van der Waals surface area contributed by atoms with Crippen LogP contribution in [0.2, 0.25) is 0 Å². The molecule has 5 nitrogen and oxygen atoms in total. The number of fused-ring (bicyclic) bond motifs is 1. The Balaban J connectivity index is 1.77. The van der Waals surface area contributed by atoms with E-state index in [-0.39, 0.29) is 6.09 Å². The molecular formula is C19H24N2O3. The maximum atomic E-state index is 12.5. The van der Waals surface area contributed by atoms with Gasteiger partial charge in [-0.3, -0.25) is 4.90 Å². The van der Waals surface area contributed by atoms with Crippen LogP contribution < -0.4 is 10.2 Å². The summed E-state index contributed by atoms with van der Waals surface area (Å²) in [6, 6.07) is 8.10. The average molecular weight is 328 g/mol. The predicted octanol–water partition coefficient (Wildman–Crippen LogP) is 4.58. The molecule has 2 heterocycles. The van der Waals surface area contributed by atoms with Crippen molar-refractivity contribution in [3.63, 3.8) is 0 Å². The fourth-order valence-electron chi connectivity index (χ4n) is 2.79. The summed E-state index contributed by atoms with van der Waals surface area (Å²) in [5.41, 5.74) is 3.68. The van der Waals surface area contributed by atoms with Gasteiger partial charge in [0.15, 0.2) is 0 Å². The van der Waals surface area contributed by atoms with Gasteiger partial charge in [0.25, 0.3) is 0 Å². The van der Waals surface area contributed by atoms with Crippen LogP contribution >= 0.6 is 0 Å². The van der Waals surface area contributed by atoms with E-state index < -0.39 is 5.60 Å². The summed E-state index contributed by atoms with van der Waals surface area (Å²) < 4.78 is 10.6. The van der Waals surface area contributed by atoms with Crippen LogP contribution in [0.5, 0.6) is 0 Å². The SMILES string of the molecule is CC(C)(C)OC(=O)N1CCCc2ccc(NCc3ccoc3)cc21. The first-order valence-electron chi connectivity index (χ1n) is 8.31. The summed E-state index contributed by atoms with van der Waals surface area (Å²) >= 11 is 0. The molecule has 0 atom stereocenters. The summed E-state index contributed by atoms with van der Waals surface area (Å²) in [4.78, 5) is 14.2. The van der Waals surface area contributed by atoms with Crippen molar-refractivity contribution in [3.8, 4) is 0 Å². The molecular weight excluding hydrogens is 304 g/mol. The van der Waals surface area contributed by atoms with E-state index >= 15 is 0 Å². The summed E-state index contributed by atoms with van der Waals surface area (Å²) in [7, 11) is 0. The van der Waals surface area contributed by atoms with Crippen LogP contribution in [0.3, 0.4) is 0 Å². The zero-order valence-electron chi connectivity index (χ0n) is 14.5. The van der Waals surface area contributed by atoms with E-state index in [4.69, 9.17) is 9.15 Å². The van der Waals surface area contributed by atoms with Crippen LogP contribution in [0, 0.1) is 0 Å². The van der Waals surface area contributed by atoms with E-state index in [1.807, 2.05) is 32.9 Å². The van der Waals surface area contributed by atoms with E-state index in [1.165, 1.54) is 5.56 Å². The lowest BCUT2D eigenvalue weighted by atomic mass is 10.0. The Hall–Kier alpha value is -2.43. The number of furan rings is 1. The van der Waals surface area contributed by atoms with Gasteiger partial charge in [0.05, 0.1) is 18.2 Å². The third-order valence-corrected chi connectivity index (χ3v) is 3.89. The maximum Gasteiger partial charge on any atom is 0.414 e. The van der Waals surface area contributed by atoms with Crippen LogP contribution in [-0.2, 0) is 17.7 Å². The van der Waals surface area contributed by atoms with E-state index in [0.29, 0.717) is 13.1 Å². The number of benzene rings is 1. The number of ether oxygens (including phenoxy) is 1. The maximum absolute atomic E-state index is 12.5. The molecule has 0 unspecified atom stereocenters. The third kappa shape index (κ3) is 3.91. The van der Waals surface area contributed by atoms with Crippen molar-refractivity contribution in [3.05, 3.63) is 47.9 Å². The van der Waals surface area contributed by atoms with Crippen molar-refractivity contribution < 1.29 is 13.9 Å². The van der Waals surface area contributed by atoms with Crippen molar-refractivity contribution in [2.45, 2.75) is 45.8 Å². The third-order valence-electron chi connectivity index (χ3n) is 3.89. The van der Waals surface area contributed by atoms with Crippen molar-refractivity contribution in [1.29, 1.82) is 0 Å². The van der Waals surface area contributed by atoms with Gasteiger partial charge in [0.1, 0.15) is 5.60 Å². The second-order valence-electron chi connectivity index (χ2n) is 7.06. The zero-order chi connectivity index (χ0) is 17.2. The zero-order valence-corrected chi connectivity index (χ0v) is 14.5. The van der Waals surface area contributed by atoms with Crippen LogP contribution in [0.1, 0.15) is 38.3 Å². The Bertz CT molecular complexity index is 702. The molecule has 0 saturated heterocycles. The highest BCUT2D eigenvalue weighted by molar-refractivity contribution is 5.90. The van der Waals surface area contributed by atoms with E-state index in [1.54, 1.807) is 17.4 Å². The van der Waals surface area contributed by atoms with Gasteiger partial charge in [-0.15, -0.1) is 0 Å². The topological polar surface area (TPSA) is 54.7 Å². The Morgan fingerprint density at radius 2 is 2.17 bits per heavy atom. The first-order valence-corrected chi connectivity index (χ1v) is 8.31. The molecule has 1 N–H and O–H groups in total. The summed E-state index contributed by atoms with van der Waals surface area (Å²) in [5, 5.41) is 3.37. The fourth-order valence-corrected chi connectivity index (χ4v) is 2.79. The summed E-state index contributed by atoms with van der Waals surface area (Å²) in [6.07, 6.45) is 5.03. The second-order valence-corrected chi connectivity index (χ2v) is 7.06. The molecule has 5 heteroatoms. The number of anilines is 2. The highest BCUT2D eigenvalue weighted by Crippen LogP contribution is 2.31. The van der Waals surface area contributed by atoms with Crippen molar-refractivity contribution in [2.75, 3.05) is 16.8 Å². The van der Waals surface area contributed by atoms with Crippen molar-refractivity contribution in [2.24, 2.45) is 0 Å². The largest absolute Gasteiger partial charge is 0.472 e. The molecule has 1 aliphatic rings. The number of nitrogens with zero attached hydrogens (tertiary/aromatic N) is 1. The van der Waals surface area contributed by atoms with Gasteiger partial charge in [0.2, 0.25) is 0 Å².